The van der Waals surface area contributed by atoms with Gasteiger partial charge in [0, 0.05) is 16.7 Å². The van der Waals surface area contributed by atoms with Gasteiger partial charge in [-0.1, -0.05) is 23.7 Å². The van der Waals surface area contributed by atoms with Gasteiger partial charge in [-0.3, -0.25) is 4.79 Å². The molecule has 0 amide bonds. The number of ether oxygens (including phenoxy) is 1. The van der Waals surface area contributed by atoms with Crippen molar-refractivity contribution in [2.75, 3.05) is 26.3 Å². The third-order valence-corrected chi connectivity index (χ3v) is 5.17. The predicted molar refractivity (Wildman–Crippen MR) is 90.3 cm³/mol. The van der Waals surface area contributed by atoms with E-state index in [2.05, 4.69) is 12.1 Å². The smallest absolute Gasteiger partial charge is 0.180 e. The van der Waals surface area contributed by atoms with Gasteiger partial charge in [-0.05, 0) is 23.6 Å². The molecule has 0 bridgehead atoms. The van der Waals surface area contributed by atoms with Crippen LogP contribution >= 0.6 is 22.9 Å². The summed E-state index contributed by atoms with van der Waals surface area (Å²) < 4.78 is 6.48. The molecule has 5 heteroatoms. The first-order chi connectivity index (χ1) is 10.7. The second kappa shape index (κ2) is 6.92. The number of quaternary nitrogens is 1. The lowest BCUT2D eigenvalue weighted by Gasteiger charge is -2.41. The Morgan fingerprint density at radius 2 is 1.82 bits per heavy atom. The molecule has 0 spiro atoms. The van der Waals surface area contributed by atoms with Crippen molar-refractivity contribution in [2.24, 2.45) is 0 Å². The molecule has 0 saturated carbocycles. The highest BCUT2D eigenvalue weighted by atomic mass is 35.5. The highest BCUT2D eigenvalue weighted by Gasteiger charge is 2.31. The van der Waals surface area contributed by atoms with Crippen molar-refractivity contribution in [3.05, 3.63) is 67.5 Å². The Balaban J connectivity index is 1.84. The van der Waals surface area contributed by atoms with E-state index in [0.717, 1.165) is 53.8 Å². The normalized spacial score (nSPS) is 17.3. The van der Waals surface area contributed by atoms with Gasteiger partial charge < -0.3 is 9.22 Å². The van der Waals surface area contributed by atoms with Crippen LogP contribution in [0.5, 0.6) is 0 Å². The largest absolute Gasteiger partial charge is 0.370 e. The van der Waals surface area contributed by atoms with Gasteiger partial charge in [0.25, 0.3) is 0 Å². The van der Waals surface area contributed by atoms with Crippen molar-refractivity contribution in [3.8, 4) is 0 Å². The summed E-state index contributed by atoms with van der Waals surface area (Å²) >= 11 is 7.63. The second-order valence-corrected chi connectivity index (χ2v) is 7.25. The van der Waals surface area contributed by atoms with Crippen molar-refractivity contribution >= 4 is 22.9 Å². The lowest BCUT2D eigenvalue weighted by Crippen LogP contribution is -2.53. The molecule has 1 aliphatic heterocycles. The summed E-state index contributed by atoms with van der Waals surface area (Å²) in [5, 5.41) is 2.65. The highest BCUT2D eigenvalue weighted by Crippen LogP contribution is 2.23. The maximum atomic E-state index is 11.6. The lowest BCUT2D eigenvalue weighted by atomic mass is 10.1. The summed E-state index contributed by atoms with van der Waals surface area (Å²) in [5.74, 6) is 0. The van der Waals surface area contributed by atoms with E-state index >= 15 is 0 Å². The lowest BCUT2D eigenvalue weighted by molar-refractivity contribution is -0.959. The molecule has 0 radical (unpaired) electrons. The Labute approximate surface area is 139 Å². The van der Waals surface area contributed by atoms with Crippen LogP contribution in [0.4, 0.5) is 0 Å². The molecule has 116 valence electrons. The number of morpholine rings is 1. The summed E-state index contributed by atoms with van der Waals surface area (Å²) in [6.45, 7) is 5.31. The Morgan fingerprint density at radius 3 is 2.50 bits per heavy atom. The molecule has 0 aliphatic carbocycles. The van der Waals surface area contributed by atoms with Crippen LogP contribution in [0.2, 0.25) is 5.02 Å². The Kier molecular flexibility index (Phi) is 4.93. The fraction of sp³-hybridized carbons (Fsp3) is 0.353. The van der Waals surface area contributed by atoms with Gasteiger partial charge in [-0.2, -0.15) is 0 Å². The van der Waals surface area contributed by atoms with Crippen molar-refractivity contribution in [2.45, 2.75) is 13.1 Å². The van der Waals surface area contributed by atoms with Crippen LogP contribution in [0, 0.1) is 0 Å². The maximum Gasteiger partial charge on any atom is 0.180 e. The average Bonchev–Trinajstić information content (AvgIpc) is 2.50. The third-order valence-electron chi connectivity index (χ3n) is 4.10. The minimum atomic E-state index is 0.0895. The molecule has 1 fully saturated rings. The average molecular weight is 337 g/mol. The van der Waals surface area contributed by atoms with Gasteiger partial charge >= 0.3 is 0 Å². The number of nitrogens with zero attached hydrogens (tertiary/aromatic N) is 1. The van der Waals surface area contributed by atoms with Crippen LogP contribution in [0.15, 0.2) is 46.6 Å². The molecule has 1 aromatic heterocycles. The first-order valence-corrected chi connectivity index (χ1v) is 8.66. The Hall–Kier alpha value is -1.20. The minimum Gasteiger partial charge on any atom is -0.370 e. The number of rotatable bonds is 4. The summed E-state index contributed by atoms with van der Waals surface area (Å²) in [7, 11) is 0. The standard InChI is InChI=1S/C17H19ClNO2S/c18-15-3-1-14(2-4-15)12-19(6-8-21-9-7-19)13-17-11-16(20)5-10-22-17/h1-5,10-11H,6-9,12-13H2/q+1. The van der Waals surface area contributed by atoms with Gasteiger partial charge in [-0.15, -0.1) is 11.3 Å². The van der Waals surface area contributed by atoms with E-state index in [1.54, 1.807) is 23.5 Å². The first kappa shape index (κ1) is 15.7. The minimum absolute atomic E-state index is 0.0895. The molecule has 2 aromatic rings. The number of hydrogen-bond acceptors (Lipinski definition) is 3. The van der Waals surface area contributed by atoms with Crippen molar-refractivity contribution in [3.63, 3.8) is 0 Å². The van der Waals surface area contributed by atoms with E-state index in [4.69, 9.17) is 16.3 Å². The molecule has 0 unspecified atom stereocenters. The van der Waals surface area contributed by atoms with E-state index in [1.807, 2.05) is 17.5 Å². The SMILES string of the molecule is O=c1ccsc(C[N+]2(Cc3ccc(Cl)cc3)CCOCC2)c1. The van der Waals surface area contributed by atoms with Crippen molar-refractivity contribution in [1.82, 2.24) is 0 Å². The first-order valence-electron chi connectivity index (χ1n) is 7.40. The molecule has 0 atom stereocenters. The molecular formula is C17H19ClNO2S+. The van der Waals surface area contributed by atoms with Crippen molar-refractivity contribution in [1.29, 1.82) is 0 Å². The van der Waals surface area contributed by atoms with Crippen LogP contribution < -0.4 is 5.43 Å². The molecule has 1 saturated heterocycles. The fourth-order valence-electron chi connectivity index (χ4n) is 2.92. The van der Waals surface area contributed by atoms with E-state index in [9.17, 15) is 4.79 Å². The van der Waals surface area contributed by atoms with Crippen LogP contribution in [0.3, 0.4) is 0 Å². The molecule has 0 N–H and O–H groups in total. The Morgan fingerprint density at radius 1 is 1.09 bits per heavy atom. The van der Waals surface area contributed by atoms with Gasteiger partial charge in [0.2, 0.25) is 0 Å². The van der Waals surface area contributed by atoms with Gasteiger partial charge in [-0.25, -0.2) is 0 Å². The van der Waals surface area contributed by atoms with E-state index in [0.29, 0.717) is 0 Å². The van der Waals surface area contributed by atoms with Gasteiger partial charge in [0.05, 0.1) is 18.1 Å². The topological polar surface area (TPSA) is 26.3 Å². The number of benzene rings is 1. The van der Waals surface area contributed by atoms with E-state index < -0.39 is 0 Å². The number of halogens is 1. The zero-order valence-corrected chi connectivity index (χ0v) is 13.9. The fourth-order valence-corrected chi connectivity index (χ4v) is 3.96. The van der Waals surface area contributed by atoms with Crippen LogP contribution in [0.1, 0.15) is 10.4 Å². The predicted octanol–water partition coefficient (Wildman–Crippen LogP) is 3.31. The Bertz CT molecular complexity index is 678. The molecule has 1 aromatic carbocycles. The quantitative estimate of drug-likeness (QED) is 0.801. The van der Waals surface area contributed by atoms with Crippen LogP contribution in [-0.2, 0) is 17.8 Å². The van der Waals surface area contributed by atoms with Crippen molar-refractivity contribution < 1.29 is 9.22 Å². The molecule has 2 heterocycles. The molecular weight excluding hydrogens is 318 g/mol. The molecule has 22 heavy (non-hydrogen) atoms. The monoisotopic (exact) mass is 336 g/mol. The van der Waals surface area contributed by atoms with Gasteiger partial charge in [0.1, 0.15) is 26.2 Å². The van der Waals surface area contributed by atoms with E-state index in [1.165, 1.54) is 5.56 Å². The summed E-state index contributed by atoms with van der Waals surface area (Å²) in [4.78, 5) is 12.7. The summed E-state index contributed by atoms with van der Waals surface area (Å²) in [5.41, 5.74) is 1.36. The summed E-state index contributed by atoms with van der Waals surface area (Å²) in [6, 6.07) is 11.4. The van der Waals surface area contributed by atoms with Crippen LogP contribution in [0.25, 0.3) is 0 Å². The third kappa shape index (κ3) is 3.96. The molecule has 3 rings (SSSR count). The molecule has 1 aliphatic rings. The second-order valence-electron chi connectivity index (χ2n) is 5.78. The van der Waals surface area contributed by atoms with Gasteiger partial charge in [0.15, 0.2) is 5.43 Å². The maximum absolute atomic E-state index is 11.6. The van der Waals surface area contributed by atoms with E-state index in [-0.39, 0.29) is 5.43 Å². The number of hydrogen-bond donors (Lipinski definition) is 0. The zero-order chi connectivity index (χ0) is 15.4. The summed E-state index contributed by atoms with van der Waals surface area (Å²) in [6.07, 6.45) is 0. The highest BCUT2D eigenvalue weighted by molar-refractivity contribution is 7.09. The zero-order valence-electron chi connectivity index (χ0n) is 12.3. The van der Waals surface area contributed by atoms with Crippen LogP contribution in [-0.4, -0.2) is 30.8 Å². The molecule has 3 nitrogen and oxygen atoms in total.